The Bertz CT molecular complexity index is 1740. The second-order valence-corrected chi connectivity index (χ2v) is 20.5. The summed E-state index contributed by atoms with van der Waals surface area (Å²) in [7, 11) is 0. The van der Waals surface area contributed by atoms with Gasteiger partial charge in [0.05, 0.1) is 50.8 Å². The van der Waals surface area contributed by atoms with Crippen molar-refractivity contribution in [1.29, 1.82) is 0 Å². The zero-order chi connectivity index (χ0) is 45.9. The number of aliphatic hydroxyl groups excluding tert-OH is 12. The Balaban J connectivity index is 1.02. The number of ether oxygens (including phenoxy) is 8. The van der Waals surface area contributed by atoms with Gasteiger partial charge in [-0.25, -0.2) is 0 Å². The molecule has 12 N–H and O–H groups in total. The molecule has 9 aliphatic rings. The molecule has 0 aromatic carbocycles. The maximum atomic E-state index is 11.7. The largest absolute Gasteiger partial charge is 0.396 e. The number of hydrogen-bond donors (Lipinski definition) is 12. The molecule has 4 aliphatic carbocycles. The second kappa shape index (κ2) is 17.6. The van der Waals surface area contributed by atoms with Gasteiger partial charge in [-0.15, -0.1) is 0 Å². The van der Waals surface area contributed by atoms with Gasteiger partial charge in [0.25, 0.3) is 0 Å². The number of rotatable bonds is 8. The summed E-state index contributed by atoms with van der Waals surface area (Å²) in [5.74, 6) is -2.25. The fourth-order valence-electron chi connectivity index (χ4n) is 13.8. The Morgan fingerprint density at radius 2 is 1.50 bits per heavy atom. The van der Waals surface area contributed by atoms with Crippen LogP contribution in [-0.2, 0) is 37.9 Å². The first kappa shape index (κ1) is 47.7. The van der Waals surface area contributed by atoms with Crippen molar-refractivity contribution in [3.05, 3.63) is 23.8 Å². The van der Waals surface area contributed by atoms with Crippen LogP contribution in [0.25, 0.3) is 0 Å². The molecule has 5 saturated heterocycles. The summed E-state index contributed by atoms with van der Waals surface area (Å²) in [5.41, 5.74) is 0.226. The number of allylic oxidation sites excluding steroid dienone is 1. The molecule has 20 nitrogen and oxygen atoms in total. The molecule has 9 rings (SSSR count). The molecule has 27 atom stereocenters. The fraction of sp³-hybridized carbons (Fsp3) is 0.909. The van der Waals surface area contributed by atoms with Gasteiger partial charge < -0.3 is 99.2 Å². The number of aliphatic hydroxyl groups is 12. The van der Waals surface area contributed by atoms with E-state index in [2.05, 4.69) is 26.5 Å². The standard InChI is InChI=1S/C44H68O20/c1-16-14-58-44(38(56)29(16)49)23(12-45)28-25(64-44)11-22-20-6-5-18-9-19(47)10-27(43(18,4)21(20)7-8-42(22,28)3)61-41-37(63-40-35(55)33(53)30(50)17(2)59-40)36(32(52)26(13-46)60-41)62-39-34(54)31(51)24(48)15-57-39/h5,17,19-41,45-56H,1,6-15H2,2-4H3/t17-,19+,20+,21-,22-,23-,24+,25-,26+,27+,28-,29-,30-,31-,32+,33+,34+,35+,36-,37+,38-,39-,40-,41-,42-,43-,44-/m0/s1. The SMILES string of the molecule is C=C1CO[C@@]2(O[C@H]3C[C@H]4[C@@H]5CC=C6C[C@@H](O)C[C@@H](O[C@@H]7O[C@H](CO)[C@@H](O)[C@H](O[C@@H]8OC[C@@H](O)[C@H](O)[C@H]8O)[C@H]7O[C@@H]7O[C@@H](C)[C@H](O)[C@@H](O)[C@H]7O)[C@]6(C)[C@H]5CC[C@]4(C)[C@H]3[C@@H]2CO)[C@@H](O)[C@H]1O. The van der Waals surface area contributed by atoms with E-state index in [4.69, 9.17) is 37.9 Å². The van der Waals surface area contributed by atoms with Crippen LogP contribution in [0.3, 0.4) is 0 Å². The number of fused-ring (bicyclic) bond motifs is 7. The van der Waals surface area contributed by atoms with Gasteiger partial charge >= 0.3 is 0 Å². The fourth-order valence-corrected chi connectivity index (χ4v) is 13.8. The summed E-state index contributed by atoms with van der Waals surface area (Å²) < 4.78 is 49.8. The highest BCUT2D eigenvalue weighted by atomic mass is 16.8. The van der Waals surface area contributed by atoms with Crippen molar-refractivity contribution in [2.45, 2.75) is 182 Å². The van der Waals surface area contributed by atoms with E-state index in [1.165, 1.54) is 6.92 Å². The van der Waals surface area contributed by atoms with Gasteiger partial charge in [-0.3, -0.25) is 0 Å². The Morgan fingerprint density at radius 3 is 2.22 bits per heavy atom. The van der Waals surface area contributed by atoms with Gasteiger partial charge in [-0.2, -0.15) is 0 Å². The van der Waals surface area contributed by atoms with Crippen LogP contribution in [0.5, 0.6) is 0 Å². The molecular weight excluding hydrogens is 848 g/mol. The first-order valence-electron chi connectivity index (χ1n) is 22.9. The minimum Gasteiger partial charge on any atom is -0.396 e. The van der Waals surface area contributed by atoms with Gasteiger partial charge in [0.2, 0.25) is 5.79 Å². The summed E-state index contributed by atoms with van der Waals surface area (Å²) in [5, 5.41) is 131. The molecule has 5 aliphatic heterocycles. The first-order valence-corrected chi connectivity index (χ1v) is 22.9. The predicted octanol–water partition coefficient (Wildman–Crippen LogP) is -3.34. The lowest BCUT2D eigenvalue weighted by Crippen LogP contribution is -2.67. The molecule has 0 amide bonds. The third-order valence-electron chi connectivity index (χ3n) is 17.3. The Labute approximate surface area is 370 Å². The second-order valence-electron chi connectivity index (χ2n) is 20.5. The molecule has 0 aromatic heterocycles. The summed E-state index contributed by atoms with van der Waals surface area (Å²) >= 11 is 0. The van der Waals surface area contributed by atoms with E-state index in [0.717, 1.165) is 5.57 Å². The molecule has 0 radical (unpaired) electrons. The van der Waals surface area contributed by atoms with E-state index in [0.29, 0.717) is 37.7 Å². The van der Waals surface area contributed by atoms with E-state index in [1.807, 2.05) is 0 Å². The van der Waals surface area contributed by atoms with Crippen LogP contribution in [0.4, 0.5) is 0 Å². The van der Waals surface area contributed by atoms with Crippen molar-refractivity contribution < 1.29 is 99.2 Å². The maximum Gasteiger partial charge on any atom is 0.203 e. The highest BCUT2D eigenvalue weighted by Crippen LogP contribution is 2.71. The topological polar surface area (TPSA) is 317 Å². The first-order chi connectivity index (χ1) is 30.3. The Hall–Kier alpha value is -1.32. The van der Waals surface area contributed by atoms with Crippen LogP contribution in [0.2, 0.25) is 0 Å². The van der Waals surface area contributed by atoms with Crippen molar-refractivity contribution in [2.75, 3.05) is 26.4 Å². The monoisotopic (exact) mass is 916 g/mol. The maximum absolute atomic E-state index is 11.7. The van der Waals surface area contributed by atoms with Crippen LogP contribution in [-0.4, -0.2) is 210 Å². The molecule has 364 valence electrons. The van der Waals surface area contributed by atoms with Gasteiger partial charge in [0, 0.05) is 23.7 Å². The molecule has 8 fully saturated rings. The van der Waals surface area contributed by atoms with Gasteiger partial charge in [-0.05, 0) is 67.8 Å². The zero-order valence-electron chi connectivity index (χ0n) is 36.3. The van der Waals surface area contributed by atoms with Crippen LogP contribution < -0.4 is 0 Å². The van der Waals surface area contributed by atoms with Crippen molar-refractivity contribution in [2.24, 2.45) is 40.4 Å². The highest BCUT2D eigenvalue weighted by molar-refractivity contribution is 5.29. The molecular formula is C44H68O20. The van der Waals surface area contributed by atoms with Crippen molar-refractivity contribution in [3.8, 4) is 0 Å². The van der Waals surface area contributed by atoms with Crippen molar-refractivity contribution >= 4 is 0 Å². The Morgan fingerprint density at radius 1 is 0.781 bits per heavy atom. The molecule has 3 saturated carbocycles. The molecule has 0 unspecified atom stereocenters. The van der Waals surface area contributed by atoms with Crippen LogP contribution in [0, 0.1) is 40.4 Å². The van der Waals surface area contributed by atoms with Gasteiger partial charge in [-0.1, -0.05) is 32.1 Å². The summed E-state index contributed by atoms with van der Waals surface area (Å²) in [6.07, 6.45) is -21.4. The van der Waals surface area contributed by atoms with Crippen LogP contribution >= 0.6 is 0 Å². The van der Waals surface area contributed by atoms with E-state index in [-0.39, 0.29) is 54.8 Å². The predicted molar refractivity (Wildman–Crippen MR) is 214 cm³/mol. The third-order valence-corrected chi connectivity index (χ3v) is 17.3. The van der Waals surface area contributed by atoms with E-state index in [9.17, 15) is 61.3 Å². The average molecular weight is 917 g/mol. The minimum absolute atomic E-state index is 0.0122. The lowest BCUT2D eigenvalue weighted by molar-refractivity contribution is -0.393. The van der Waals surface area contributed by atoms with Crippen molar-refractivity contribution in [3.63, 3.8) is 0 Å². The molecule has 5 heterocycles. The normalized spacial score (nSPS) is 57.4. The van der Waals surface area contributed by atoms with Gasteiger partial charge in [0.1, 0.15) is 73.2 Å². The molecule has 0 aromatic rings. The average Bonchev–Trinajstić information content (AvgIpc) is 3.75. The van der Waals surface area contributed by atoms with E-state index >= 15 is 0 Å². The third kappa shape index (κ3) is 7.33. The number of hydrogen-bond acceptors (Lipinski definition) is 20. The minimum atomic E-state index is -1.82. The molecule has 0 bridgehead atoms. The zero-order valence-corrected chi connectivity index (χ0v) is 36.3. The summed E-state index contributed by atoms with van der Waals surface area (Å²) in [6.45, 7) is 8.09. The quantitative estimate of drug-likeness (QED) is 0.106. The molecule has 64 heavy (non-hydrogen) atoms. The summed E-state index contributed by atoms with van der Waals surface area (Å²) in [4.78, 5) is 0. The van der Waals surface area contributed by atoms with Crippen LogP contribution in [0.1, 0.15) is 59.3 Å². The molecule has 1 spiro atoms. The smallest absolute Gasteiger partial charge is 0.203 e. The van der Waals surface area contributed by atoms with Gasteiger partial charge in [0.15, 0.2) is 18.9 Å². The van der Waals surface area contributed by atoms with E-state index < -0.39 is 141 Å². The van der Waals surface area contributed by atoms with Crippen molar-refractivity contribution in [1.82, 2.24) is 0 Å². The highest BCUT2D eigenvalue weighted by Gasteiger charge is 2.73. The van der Waals surface area contributed by atoms with Crippen LogP contribution in [0.15, 0.2) is 23.8 Å². The van der Waals surface area contributed by atoms with E-state index in [1.54, 1.807) is 0 Å². The molecule has 20 heteroatoms. The lowest BCUT2D eigenvalue weighted by Gasteiger charge is -2.61. The lowest BCUT2D eigenvalue weighted by atomic mass is 9.46. The Kier molecular flexibility index (Phi) is 13.1. The summed E-state index contributed by atoms with van der Waals surface area (Å²) in [6, 6.07) is 0.